The van der Waals surface area contributed by atoms with Crippen molar-refractivity contribution in [1.29, 1.82) is 0 Å². The Balaban J connectivity index is 2.92. The molecule has 1 rings (SSSR count). The summed E-state index contributed by atoms with van der Waals surface area (Å²) in [4.78, 5) is 0. The molecule has 0 fully saturated rings. The fraction of sp³-hybridized carbons (Fsp3) is 0.739. The smallest absolute Gasteiger partial charge is 0.200 e. The molecule has 0 heterocycles. The summed E-state index contributed by atoms with van der Waals surface area (Å²) in [6.45, 7) is 20.6. The summed E-state index contributed by atoms with van der Waals surface area (Å²) < 4.78 is 11.5. The van der Waals surface area contributed by atoms with Gasteiger partial charge in [0, 0.05) is 13.5 Å². The van der Waals surface area contributed by atoms with Gasteiger partial charge in [-0.2, -0.15) is 0 Å². The lowest BCUT2D eigenvalue weighted by Gasteiger charge is -2.36. The molecule has 0 spiro atoms. The molecule has 2 heteroatoms. The maximum Gasteiger partial charge on any atom is 0.200 e. The van der Waals surface area contributed by atoms with Crippen molar-refractivity contribution < 1.29 is 9.47 Å². The van der Waals surface area contributed by atoms with Gasteiger partial charge in [-0.05, 0) is 46.3 Å². The molecule has 0 aromatic heterocycles. The zero-order chi connectivity index (χ0) is 19.5. The maximum absolute atomic E-state index is 6.04. The molecule has 0 aliphatic carbocycles. The van der Waals surface area contributed by atoms with Crippen molar-refractivity contribution in [1.82, 2.24) is 0 Å². The second kappa shape index (κ2) is 8.12. The second-order valence-electron chi connectivity index (χ2n) is 10.8. The van der Waals surface area contributed by atoms with Crippen molar-refractivity contribution in [3.63, 3.8) is 0 Å². The van der Waals surface area contributed by atoms with Gasteiger partial charge in [0.15, 0.2) is 6.29 Å². The summed E-state index contributed by atoms with van der Waals surface area (Å²) in [5.74, 6) is 1.40. The van der Waals surface area contributed by atoms with Crippen LogP contribution in [0.1, 0.15) is 86.6 Å². The van der Waals surface area contributed by atoms with E-state index >= 15 is 0 Å². The molecule has 25 heavy (non-hydrogen) atoms. The van der Waals surface area contributed by atoms with Gasteiger partial charge >= 0.3 is 0 Å². The first-order valence-corrected chi connectivity index (χ1v) is 9.51. The summed E-state index contributed by atoms with van der Waals surface area (Å²) in [7, 11) is 1.71. The zero-order valence-corrected chi connectivity index (χ0v) is 18.2. The monoisotopic (exact) mass is 348 g/mol. The third kappa shape index (κ3) is 8.27. The van der Waals surface area contributed by atoms with Gasteiger partial charge < -0.3 is 9.47 Å². The van der Waals surface area contributed by atoms with E-state index in [-0.39, 0.29) is 17.1 Å². The Morgan fingerprint density at radius 3 is 1.60 bits per heavy atom. The molecule has 0 radical (unpaired) electrons. The van der Waals surface area contributed by atoms with Crippen molar-refractivity contribution in [3.05, 3.63) is 29.8 Å². The molecule has 0 bridgehead atoms. The molecule has 2 unspecified atom stereocenters. The van der Waals surface area contributed by atoms with Crippen LogP contribution in [0, 0.1) is 16.2 Å². The Hall–Kier alpha value is -1.02. The molecular weight excluding hydrogens is 308 g/mol. The minimum Gasteiger partial charge on any atom is -0.465 e. The highest BCUT2D eigenvalue weighted by Crippen LogP contribution is 2.43. The maximum atomic E-state index is 6.04. The molecule has 0 aliphatic rings. The van der Waals surface area contributed by atoms with Crippen LogP contribution in [0.25, 0.3) is 0 Å². The highest BCUT2D eigenvalue weighted by Gasteiger charge is 2.30. The first kappa shape index (κ1) is 22.0. The van der Waals surface area contributed by atoms with Gasteiger partial charge in [-0.1, -0.05) is 74.4 Å². The van der Waals surface area contributed by atoms with Gasteiger partial charge in [0.2, 0.25) is 0 Å². The minimum absolute atomic E-state index is 0.171. The van der Waals surface area contributed by atoms with Crippen molar-refractivity contribution in [2.75, 3.05) is 7.11 Å². The van der Waals surface area contributed by atoms with Crippen LogP contribution in [0.15, 0.2) is 24.3 Å². The Labute approximate surface area is 156 Å². The Morgan fingerprint density at radius 2 is 1.24 bits per heavy atom. The normalized spacial score (nSPS) is 15.8. The zero-order valence-electron chi connectivity index (χ0n) is 18.2. The highest BCUT2D eigenvalue weighted by atomic mass is 16.7. The number of hydrogen-bond donors (Lipinski definition) is 0. The number of ether oxygens (including phenoxy) is 2. The van der Waals surface area contributed by atoms with E-state index in [9.17, 15) is 0 Å². The standard InChI is InChI=1S/C23H40O2/c1-21(2,3)15-19(23(7,8)9)17-11-13-18(14-12-17)25-20(24-10)16-22(4,5)6/h11-14,19-20H,15-16H2,1-10H3. The predicted molar refractivity (Wildman–Crippen MR) is 108 cm³/mol. The third-order valence-corrected chi connectivity index (χ3v) is 4.45. The topological polar surface area (TPSA) is 18.5 Å². The van der Waals surface area contributed by atoms with Crippen LogP contribution < -0.4 is 4.74 Å². The van der Waals surface area contributed by atoms with Crippen molar-refractivity contribution in [2.24, 2.45) is 16.2 Å². The Bertz CT molecular complexity index is 509. The molecule has 1 aromatic rings. The molecule has 2 nitrogen and oxygen atoms in total. The van der Waals surface area contributed by atoms with Gasteiger partial charge in [-0.25, -0.2) is 0 Å². The number of benzene rings is 1. The van der Waals surface area contributed by atoms with Gasteiger partial charge in [0.25, 0.3) is 0 Å². The fourth-order valence-corrected chi connectivity index (χ4v) is 3.14. The molecule has 0 aliphatic heterocycles. The van der Waals surface area contributed by atoms with Crippen LogP contribution in [0.5, 0.6) is 5.75 Å². The number of rotatable bonds is 6. The van der Waals surface area contributed by atoms with E-state index in [1.807, 2.05) is 0 Å². The lowest BCUT2D eigenvalue weighted by atomic mass is 9.69. The molecule has 144 valence electrons. The third-order valence-electron chi connectivity index (χ3n) is 4.45. The molecule has 0 N–H and O–H groups in total. The van der Waals surface area contributed by atoms with Crippen LogP contribution >= 0.6 is 0 Å². The largest absolute Gasteiger partial charge is 0.465 e. The summed E-state index contributed by atoms with van der Waals surface area (Å²) in [5, 5.41) is 0. The minimum atomic E-state index is -0.209. The lowest BCUT2D eigenvalue weighted by molar-refractivity contribution is -0.0756. The Kier molecular flexibility index (Phi) is 7.15. The summed E-state index contributed by atoms with van der Waals surface area (Å²) in [6, 6.07) is 8.62. The molecule has 0 saturated carbocycles. The van der Waals surface area contributed by atoms with Crippen molar-refractivity contribution >= 4 is 0 Å². The van der Waals surface area contributed by atoms with E-state index in [4.69, 9.17) is 9.47 Å². The molecule has 2 atom stereocenters. The SMILES string of the molecule is COC(CC(C)(C)C)Oc1ccc(C(CC(C)(C)C)C(C)(C)C)cc1. The van der Waals surface area contributed by atoms with E-state index < -0.39 is 0 Å². The van der Waals surface area contributed by atoms with Gasteiger partial charge in [-0.3, -0.25) is 0 Å². The van der Waals surface area contributed by atoms with E-state index in [0.717, 1.165) is 12.2 Å². The van der Waals surface area contributed by atoms with Gasteiger partial charge in [0.1, 0.15) is 5.75 Å². The average molecular weight is 349 g/mol. The van der Waals surface area contributed by atoms with Crippen LogP contribution in [-0.2, 0) is 4.74 Å². The molecule has 1 aromatic carbocycles. The van der Waals surface area contributed by atoms with E-state index in [2.05, 4.69) is 86.6 Å². The van der Waals surface area contributed by atoms with E-state index in [1.54, 1.807) is 7.11 Å². The quantitative estimate of drug-likeness (QED) is 0.513. The van der Waals surface area contributed by atoms with Crippen LogP contribution in [-0.4, -0.2) is 13.4 Å². The number of hydrogen-bond acceptors (Lipinski definition) is 2. The molecular formula is C23H40O2. The lowest BCUT2D eigenvalue weighted by Crippen LogP contribution is -2.25. The fourth-order valence-electron chi connectivity index (χ4n) is 3.14. The van der Waals surface area contributed by atoms with Crippen molar-refractivity contribution in [2.45, 2.75) is 87.4 Å². The Morgan fingerprint density at radius 1 is 0.760 bits per heavy atom. The first-order chi connectivity index (χ1) is 11.2. The van der Waals surface area contributed by atoms with Crippen molar-refractivity contribution in [3.8, 4) is 5.75 Å². The average Bonchev–Trinajstić information content (AvgIpc) is 2.41. The van der Waals surface area contributed by atoms with Gasteiger partial charge in [0.05, 0.1) is 0 Å². The van der Waals surface area contributed by atoms with Gasteiger partial charge in [-0.15, -0.1) is 0 Å². The summed E-state index contributed by atoms with van der Waals surface area (Å²) in [5.41, 5.74) is 2.10. The van der Waals surface area contributed by atoms with E-state index in [1.165, 1.54) is 12.0 Å². The van der Waals surface area contributed by atoms with Crippen LogP contribution in [0.4, 0.5) is 0 Å². The first-order valence-electron chi connectivity index (χ1n) is 9.51. The van der Waals surface area contributed by atoms with E-state index in [0.29, 0.717) is 11.3 Å². The molecule has 0 amide bonds. The summed E-state index contributed by atoms with van der Waals surface area (Å²) >= 11 is 0. The second-order valence-corrected chi connectivity index (χ2v) is 10.8. The van der Waals surface area contributed by atoms with Crippen LogP contribution in [0.2, 0.25) is 0 Å². The summed E-state index contributed by atoms with van der Waals surface area (Å²) in [6.07, 6.45) is 1.82. The highest BCUT2D eigenvalue weighted by molar-refractivity contribution is 5.30. The van der Waals surface area contributed by atoms with Crippen LogP contribution in [0.3, 0.4) is 0 Å². The predicted octanol–water partition coefficient (Wildman–Crippen LogP) is 7.04. The number of methoxy groups -OCH3 is 1. The molecule has 0 saturated heterocycles.